The minimum Gasteiger partial charge on any atom is -0.497 e. The van der Waals surface area contributed by atoms with E-state index in [4.69, 9.17) is 4.74 Å². The zero-order valence-corrected chi connectivity index (χ0v) is 12.9. The lowest BCUT2D eigenvalue weighted by molar-refractivity contribution is -0.154. The molecule has 3 rings (SSSR count). The third kappa shape index (κ3) is 2.55. The van der Waals surface area contributed by atoms with Crippen LogP contribution < -0.4 is 4.74 Å². The van der Waals surface area contributed by atoms with Gasteiger partial charge in [-0.3, -0.25) is 14.4 Å². The molecule has 0 bridgehead atoms. The number of aliphatic carboxylic acids is 1. The third-order valence-electron chi connectivity index (χ3n) is 4.85. The molecule has 1 saturated heterocycles. The molecule has 0 saturated carbocycles. The monoisotopic (exact) mass is 332 g/mol. The van der Waals surface area contributed by atoms with E-state index in [2.05, 4.69) is 4.74 Å². The molecule has 7 nitrogen and oxygen atoms in total. The molecule has 7 heteroatoms. The van der Waals surface area contributed by atoms with Crippen LogP contribution in [0.4, 0.5) is 0 Å². The van der Waals surface area contributed by atoms with Crippen LogP contribution in [0, 0.1) is 11.8 Å². The summed E-state index contributed by atoms with van der Waals surface area (Å²) in [5.74, 6) is -4.85. The van der Waals surface area contributed by atoms with E-state index in [-0.39, 0.29) is 12.8 Å². The van der Waals surface area contributed by atoms with Crippen molar-refractivity contribution in [1.29, 1.82) is 0 Å². The molecule has 4 atom stereocenters. The quantitative estimate of drug-likeness (QED) is 0.502. The molecule has 1 aliphatic heterocycles. The Morgan fingerprint density at radius 3 is 2.58 bits per heavy atom. The maximum absolute atomic E-state index is 12.0. The number of hydrogen-bond donors (Lipinski definition) is 1. The van der Waals surface area contributed by atoms with Crippen molar-refractivity contribution in [3.63, 3.8) is 0 Å². The van der Waals surface area contributed by atoms with Gasteiger partial charge < -0.3 is 19.4 Å². The van der Waals surface area contributed by atoms with E-state index < -0.39 is 41.6 Å². The predicted octanol–water partition coefficient (Wildman–Crippen LogP) is 1.26. The van der Waals surface area contributed by atoms with Crippen molar-refractivity contribution in [3.05, 3.63) is 29.3 Å². The Morgan fingerprint density at radius 2 is 2.04 bits per heavy atom. The Hall–Kier alpha value is -2.70. The Kier molecular flexibility index (Phi) is 4.09. The zero-order valence-electron chi connectivity index (χ0n) is 12.9. The number of fused-ring (bicyclic) bond motifs is 1. The van der Waals surface area contributed by atoms with Crippen molar-refractivity contribution in [3.8, 4) is 5.75 Å². The van der Waals surface area contributed by atoms with Crippen LogP contribution in [0.15, 0.2) is 18.2 Å². The maximum atomic E-state index is 12.0. The largest absolute Gasteiger partial charge is 0.497 e. The molecule has 1 N–H and O–H groups in total. The fraction of sp³-hybridized carbons (Fsp3) is 0.412. The first-order valence-electron chi connectivity index (χ1n) is 7.56. The normalized spacial score (nSPS) is 28.9. The number of carbonyl (C=O) groups is 4. The van der Waals surface area contributed by atoms with E-state index in [0.29, 0.717) is 23.2 Å². The summed E-state index contributed by atoms with van der Waals surface area (Å²) in [7, 11) is 1.47. The van der Waals surface area contributed by atoms with Crippen molar-refractivity contribution >= 4 is 24.2 Å². The summed E-state index contributed by atoms with van der Waals surface area (Å²) in [5, 5.41) is 9.50. The SMILES string of the molecule is COc1ccc2c(c1)C(C=O)C(C(=O)O)CC2C1CC(=O)OC1=O. The van der Waals surface area contributed by atoms with Crippen LogP contribution in [0.1, 0.15) is 35.8 Å². The van der Waals surface area contributed by atoms with E-state index in [0.717, 1.165) is 0 Å². The number of aldehydes is 1. The van der Waals surface area contributed by atoms with Crippen molar-refractivity contribution in [2.24, 2.45) is 11.8 Å². The molecule has 0 aromatic heterocycles. The highest BCUT2D eigenvalue weighted by atomic mass is 16.6. The smallest absolute Gasteiger partial charge is 0.317 e. The Bertz CT molecular complexity index is 724. The number of cyclic esters (lactones) is 2. The molecule has 1 aliphatic carbocycles. The number of rotatable bonds is 4. The Balaban J connectivity index is 2.11. The molecule has 0 radical (unpaired) electrons. The Morgan fingerprint density at radius 1 is 1.29 bits per heavy atom. The summed E-state index contributed by atoms with van der Waals surface area (Å²) in [6.45, 7) is 0. The second-order valence-electron chi connectivity index (χ2n) is 6.05. The van der Waals surface area contributed by atoms with Gasteiger partial charge in [-0.15, -0.1) is 0 Å². The standard InChI is InChI=1S/C17H16O7/c1-23-8-2-3-9-10(4-8)14(7-18)12(16(20)21)5-11(9)13-6-15(19)24-17(13)22/h2-4,7,11-14H,5-6H2,1H3,(H,20,21). The van der Waals surface area contributed by atoms with Crippen LogP contribution in [0.25, 0.3) is 0 Å². The van der Waals surface area contributed by atoms with Gasteiger partial charge in [0.05, 0.1) is 31.3 Å². The number of carboxylic acids is 1. The minimum atomic E-state index is -1.11. The highest BCUT2D eigenvalue weighted by molar-refractivity contribution is 5.95. The number of carbonyl (C=O) groups excluding carboxylic acids is 3. The van der Waals surface area contributed by atoms with Crippen molar-refractivity contribution in [2.45, 2.75) is 24.7 Å². The summed E-state index contributed by atoms with van der Waals surface area (Å²) in [4.78, 5) is 46.5. The summed E-state index contributed by atoms with van der Waals surface area (Å²) < 4.78 is 9.77. The van der Waals surface area contributed by atoms with Crippen LogP contribution in [-0.4, -0.2) is 36.4 Å². The summed E-state index contributed by atoms with van der Waals surface area (Å²) >= 11 is 0. The number of ether oxygens (including phenoxy) is 2. The molecule has 4 unspecified atom stereocenters. The number of methoxy groups -OCH3 is 1. The van der Waals surface area contributed by atoms with Crippen molar-refractivity contribution in [1.82, 2.24) is 0 Å². The lowest BCUT2D eigenvalue weighted by atomic mass is 9.66. The summed E-state index contributed by atoms with van der Waals surface area (Å²) in [6.07, 6.45) is 0.642. The second-order valence-corrected chi connectivity index (χ2v) is 6.05. The average Bonchev–Trinajstić information content (AvgIpc) is 2.90. The average molecular weight is 332 g/mol. The van der Waals surface area contributed by atoms with E-state index >= 15 is 0 Å². The molecular weight excluding hydrogens is 316 g/mol. The van der Waals surface area contributed by atoms with Crippen LogP contribution in [-0.2, 0) is 23.9 Å². The third-order valence-corrected chi connectivity index (χ3v) is 4.85. The lowest BCUT2D eigenvalue weighted by Gasteiger charge is -2.35. The van der Waals surface area contributed by atoms with Crippen LogP contribution in [0.3, 0.4) is 0 Å². The van der Waals surface area contributed by atoms with Crippen LogP contribution in [0.5, 0.6) is 5.75 Å². The molecule has 2 aliphatic rings. The van der Waals surface area contributed by atoms with Crippen molar-refractivity contribution in [2.75, 3.05) is 7.11 Å². The fourth-order valence-electron chi connectivity index (χ4n) is 3.67. The maximum Gasteiger partial charge on any atom is 0.317 e. The van der Waals surface area contributed by atoms with Gasteiger partial charge in [0.1, 0.15) is 12.0 Å². The van der Waals surface area contributed by atoms with Gasteiger partial charge in [0.15, 0.2) is 0 Å². The first-order chi connectivity index (χ1) is 11.5. The number of benzene rings is 1. The highest BCUT2D eigenvalue weighted by Gasteiger charge is 2.47. The molecule has 24 heavy (non-hydrogen) atoms. The van der Waals surface area contributed by atoms with Gasteiger partial charge in [0, 0.05) is 0 Å². The van der Waals surface area contributed by atoms with E-state index in [1.807, 2.05) is 0 Å². The predicted molar refractivity (Wildman–Crippen MR) is 79.5 cm³/mol. The number of hydrogen-bond acceptors (Lipinski definition) is 6. The van der Waals surface area contributed by atoms with E-state index in [9.17, 15) is 24.3 Å². The molecule has 1 heterocycles. The van der Waals surface area contributed by atoms with Crippen LogP contribution >= 0.6 is 0 Å². The lowest BCUT2D eigenvalue weighted by Crippen LogP contribution is -2.34. The Labute approximate surface area is 137 Å². The fourth-order valence-corrected chi connectivity index (χ4v) is 3.67. The topological polar surface area (TPSA) is 107 Å². The van der Waals surface area contributed by atoms with E-state index in [1.165, 1.54) is 7.11 Å². The molecule has 126 valence electrons. The van der Waals surface area contributed by atoms with Gasteiger partial charge in [-0.2, -0.15) is 0 Å². The summed E-state index contributed by atoms with van der Waals surface area (Å²) in [5.41, 5.74) is 1.22. The van der Waals surface area contributed by atoms with Gasteiger partial charge in [-0.1, -0.05) is 6.07 Å². The number of esters is 2. The highest BCUT2D eigenvalue weighted by Crippen LogP contribution is 2.48. The minimum absolute atomic E-state index is 0.0763. The zero-order chi connectivity index (χ0) is 17.4. The first kappa shape index (κ1) is 16.2. The van der Waals surface area contributed by atoms with Crippen molar-refractivity contribution < 1.29 is 33.8 Å². The van der Waals surface area contributed by atoms with Gasteiger partial charge >= 0.3 is 17.9 Å². The van der Waals surface area contributed by atoms with Gasteiger partial charge in [0.2, 0.25) is 0 Å². The first-order valence-corrected chi connectivity index (χ1v) is 7.56. The molecule has 0 spiro atoms. The van der Waals surface area contributed by atoms with Gasteiger partial charge in [-0.25, -0.2) is 0 Å². The van der Waals surface area contributed by atoms with Crippen LogP contribution in [0.2, 0.25) is 0 Å². The van der Waals surface area contributed by atoms with Gasteiger partial charge in [0.25, 0.3) is 0 Å². The molecule has 1 fully saturated rings. The second kappa shape index (κ2) is 6.07. The summed E-state index contributed by atoms with van der Waals surface area (Å²) in [6, 6.07) is 5.04. The molecule has 1 aromatic carbocycles. The van der Waals surface area contributed by atoms with Gasteiger partial charge in [-0.05, 0) is 35.6 Å². The van der Waals surface area contributed by atoms with E-state index in [1.54, 1.807) is 18.2 Å². The molecular formula is C17H16O7. The number of carboxylic acid groups (broad SMARTS) is 1. The molecule has 0 amide bonds. The molecule has 1 aromatic rings.